The largest absolute Gasteiger partial charge is 0.444 e. The van der Waals surface area contributed by atoms with Crippen molar-refractivity contribution in [3.63, 3.8) is 0 Å². The first kappa shape index (κ1) is 18.0. The number of amides is 1. The van der Waals surface area contributed by atoms with E-state index >= 15 is 0 Å². The molecule has 0 aromatic heterocycles. The number of hydrogen-bond acceptors (Lipinski definition) is 5. The van der Waals surface area contributed by atoms with Crippen LogP contribution in [0.25, 0.3) is 0 Å². The molecular formula is C17H25N3O4. The van der Waals surface area contributed by atoms with Crippen molar-refractivity contribution < 1.29 is 14.5 Å². The fourth-order valence-corrected chi connectivity index (χ4v) is 2.72. The molecular weight excluding hydrogens is 310 g/mol. The summed E-state index contributed by atoms with van der Waals surface area (Å²) in [5.74, 6) is 0.423. The Bertz CT molecular complexity index is 572. The number of carbonyl (C=O) groups is 1. The highest BCUT2D eigenvalue weighted by Crippen LogP contribution is 2.25. The molecule has 0 bridgehead atoms. The zero-order chi connectivity index (χ0) is 17.7. The molecule has 0 saturated carbocycles. The monoisotopic (exact) mass is 335 g/mol. The molecule has 2 rings (SSSR count). The van der Waals surface area contributed by atoms with Gasteiger partial charge in [-0.25, -0.2) is 4.79 Å². The summed E-state index contributed by atoms with van der Waals surface area (Å²) in [5.41, 5.74) is 0.623. The van der Waals surface area contributed by atoms with Gasteiger partial charge in [0, 0.05) is 37.5 Å². The molecule has 0 atom stereocenters. The van der Waals surface area contributed by atoms with Crippen molar-refractivity contribution in [2.24, 2.45) is 5.92 Å². The quantitative estimate of drug-likeness (QED) is 0.674. The van der Waals surface area contributed by atoms with Crippen molar-refractivity contribution >= 4 is 17.5 Å². The summed E-state index contributed by atoms with van der Waals surface area (Å²) in [4.78, 5) is 24.2. The van der Waals surface area contributed by atoms with E-state index in [0.717, 1.165) is 31.6 Å². The van der Waals surface area contributed by atoms with E-state index in [1.54, 1.807) is 12.1 Å². The second-order valence-corrected chi connectivity index (χ2v) is 7.09. The summed E-state index contributed by atoms with van der Waals surface area (Å²) in [6.07, 6.45) is 1.56. The normalized spacial score (nSPS) is 15.9. The number of nitro groups is 1. The van der Waals surface area contributed by atoms with Crippen LogP contribution < -0.4 is 10.2 Å². The van der Waals surface area contributed by atoms with E-state index in [1.807, 2.05) is 20.8 Å². The van der Waals surface area contributed by atoms with Crippen LogP contribution in [0.3, 0.4) is 0 Å². The summed E-state index contributed by atoms with van der Waals surface area (Å²) >= 11 is 0. The molecule has 1 aliphatic heterocycles. The van der Waals surface area contributed by atoms with Crippen LogP contribution in [0.15, 0.2) is 24.3 Å². The van der Waals surface area contributed by atoms with E-state index in [1.165, 1.54) is 12.1 Å². The van der Waals surface area contributed by atoms with Gasteiger partial charge in [0.15, 0.2) is 0 Å². The third-order valence-electron chi connectivity index (χ3n) is 3.97. The fourth-order valence-electron chi connectivity index (χ4n) is 2.72. The average Bonchev–Trinajstić information content (AvgIpc) is 2.52. The summed E-state index contributed by atoms with van der Waals surface area (Å²) in [6.45, 7) is 7.89. The average molecular weight is 335 g/mol. The van der Waals surface area contributed by atoms with Crippen molar-refractivity contribution in [1.29, 1.82) is 0 Å². The summed E-state index contributed by atoms with van der Waals surface area (Å²) < 4.78 is 5.23. The highest BCUT2D eigenvalue weighted by Gasteiger charge is 2.22. The standard InChI is InChI=1S/C17H25N3O4/c1-17(2,3)24-16(21)18-12-13-8-10-19(11-9-13)14-4-6-15(7-5-14)20(22)23/h4-7,13H,8-12H2,1-3H3,(H,18,21). The zero-order valence-electron chi connectivity index (χ0n) is 14.4. The lowest BCUT2D eigenvalue weighted by atomic mass is 9.96. The first-order chi connectivity index (χ1) is 11.2. The molecule has 0 spiro atoms. The molecule has 132 valence electrons. The van der Waals surface area contributed by atoms with Gasteiger partial charge in [0.2, 0.25) is 0 Å². The van der Waals surface area contributed by atoms with Gasteiger partial charge in [-0.05, 0) is 51.7 Å². The molecule has 7 nitrogen and oxygen atoms in total. The Morgan fingerprint density at radius 1 is 1.29 bits per heavy atom. The molecule has 1 heterocycles. The maximum atomic E-state index is 11.7. The van der Waals surface area contributed by atoms with Crippen LogP contribution in [0.5, 0.6) is 0 Å². The maximum absolute atomic E-state index is 11.7. The first-order valence-electron chi connectivity index (χ1n) is 8.21. The van der Waals surface area contributed by atoms with Gasteiger partial charge in [-0.3, -0.25) is 10.1 Å². The van der Waals surface area contributed by atoms with E-state index in [0.29, 0.717) is 12.5 Å². The number of hydrogen-bond donors (Lipinski definition) is 1. The first-order valence-corrected chi connectivity index (χ1v) is 8.21. The smallest absolute Gasteiger partial charge is 0.407 e. The van der Waals surface area contributed by atoms with Crippen LogP contribution in [0, 0.1) is 16.0 Å². The summed E-state index contributed by atoms with van der Waals surface area (Å²) in [7, 11) is 0. The predicted octanol–water partition coefficient (Wildman–Crippen LogP) is 3.34. The lowest BCUT2D eigenvalue weighted by Crippen LogP contribution is -2.40. The van der Waals surface area contributed by atoms with Gasteiger partial charge in [0.05, 0.1) is 4.92 Å². The van der Waals surface area contributed by atoms with Crippen molar-refractivity contribution in [3.05, 3.63) is 34.4 Å². The molecule has 1 aliphatic rings. The van der Waals surface area contributed by atoms with Gasteiger partial charge in [-0.1, -0.05) is 0 Å². The molecule has 1 aromatic rings. The highest BCUT2D eigenvalue weighted by molar-refractivity contribution is 5.67. The van der Waals surface area contributed by atoms with Crippen LogP contribution in [-0.4, -0.2) is 36.3 Å². The lowest BCUT2D eigenvalue weighted by Gasteiger charge is -2.33. The molecule has 0 radical (unpaired) electrons. The van der Waals surface area contributed by atoms with Gasteiger partial charge in [-0.15, -0.1) is 0 Å². The number of benzene rings is 1. The third kappa shape index (κ3) is 5.40. The van der Waals surface area contributed by atoms with Gasteiger partial charge < -0.3 is 15.0 Å². The SMILES string of the molecule is CC(C)(C)OC(=O)NCC1CCN(c2ccc([N+](=O)[O-])cc2)CC1. The Balaban J connectivity index is 1.77. The van der Waals surface area contributed by atoms with Crippen molar-refractivity contribution in [2.45, 2.75) is 39.2 Å². The molecule has 0 unspecified atom stereocenters. The van der Waals surface area contributed by atoms with Crippen LogP contribution >= 0.6 is 0 Å². The maximum Gasteiger partial charge on any atom is 0.407 e. The minimum Gasteiger partial charge on any atom is -0.444 e. The Labute approximate surface area is 142 Å². The van der Waals surface area contributed by atoms with Crippen LogP contribution in [0.4, 0.5) is 16.2 Å². The highest BCUT2D eigenvalue weighted by atomic mass is 16.6. The summed E-state index contributed by atoms with van der Waals surface area (Å²) in [5, 5.41) is 13.5. The Morgan fingerprint density at radius 3 is 2.38 bits per heavy atom. The van der Waals surface area contributed by atoms with Crippen molar-refractivity contribution in [2.75, 3.05) is 24.5 Å². The molecule has 24 heavy (non-hydrogen) atoms. The van der Waals surface area contributed by atoms with E-state index in [2.05, 4.69) is 10.2 Å². The number of nitro benzene ring substituents is 1. The van der Waals surface area contributed by atoms with Crippen LogP contribution in [-0.2, 0) is 4.74 Å². The second kappa shape index (κ2) is 7.51. The van der Waals surface area contributed by atoms with E-state index in [4.69, 9.17) is 4.74 Å². The Kier molecular flexibility index (Phi) is 5.64. The minimum absolute atomic E-state index is 0.107. The second-order valence-electron chi connectivity index (χ2n) is 7.09. The fraction of sp³-hybridized carbons (Fsp3) is 0.588. The molecule has 1 N–H and O–H groups in total. The molecule has 1 aromatic carbocycles. The number of alkyl carbamates (subject to hydrolysis) is 1. The van der Waals surface area contributed by atoms with Gasteiger partial charge in [0.25, 0.3) is 5.69 Å². The van der Waals surface area contributed by atoms with E-state index < -0.39 is 10.5 Å². The number of piperidine rings is 1. The zero-order valence-corrected chi connectivity index (χ0v) is 14.4. The van der Waals surface area contributed by atoms with Crippen LogP contribution in [0.1, 0.15) is 33.6 Å². The number of non-ortho nitro benzene ring substituents is 1. The van der Waals surface area contributed by atoms with E-state index in [-0.39, 0.29) is 11.8 Å². The number of nitrogens with zero attached hydrogens (tertiary/aromatic N) is 2. The van der Waals surface area contributed by atoms with E-state index in [9.17, 15) is 14.9 Å². The summed E-state index contributed by atoms with van der Waals surface area (Å²) in [6, 6.07) is 6.64. The number of rotatable bonds is 4. The molecule has 1 amide bonds. The molecule has 1 fully saturated rings. The van der Waals surface area contributed by atoms with Gasteiger partial charge in [-0.2, -0.15) is 0 Å². The minimum atomic E-state index is -0.483. The van der Waals surface area contributed by atoms with Gasteiger partial charge >= 0.3 is 6.09 Å². The Morgan fingerprint density at radius 2 is 1.88 bits per heavy atom. The number of carbonyl (C=O) groups excluding carboxylic acids is 1. The van der Waals surface area contributed by atoms with Gasteiger partial charge in [0.1, 0.15) is 5.60 Å². The number of ether oxygens (including phenoxy) is 1. The number of nitrogens with one attached hydrogen (secondary N) is 1. The van der Waals surface area contributed by atoms with Crippen molar-refractivity contribution in [1.82, 2.24) is 5.32 Å². The topological polar surface area (TPSA) is 84.7 Å². The third-order valence-corrected chi connectivity index (χ3v) is 3.97. The molecule has 1 saturated heterocycles. The lowest BCUT2D eigenvalue weighted by molar-refractivity contribution is -0.384. The number of anilines is 1. The van der Waals surface area contributed by atoms with Crippen LogP contribution in [0.2, 0.25) is 0 Å². The van der Waals surface area contributed by atoms with Crippen molar-refractivity contribution in [3.8, 4) is 0 Å². The molecule has 0 aliphatic carbocycles. The molecule has 7 heteroatoms. The predicted molar refractivity (Wildman–Crippen MR) is 92.3 cm³/mol. The Hall–Kier alpha value is -2.31.